The summed E-state index contributed by atoms with van der Waals surface area (Å²) in [5.74, 6) is -0.194. The van der Waals surface area contributed by atoms with Gasteiger partial charge in [-0.05, 0) is 26.3 Å². The topological polar surface area (TPSA) is 38.5 Å². The van der Waals surface area contributed by atoms with Crippen LogP contribution in [0.5, 0.6) is 0 Å². The van der Waals surface area contributed by atoms with Crippen LogP contribution in [0, 0.1) is 5.82 Å². The first-order chi connectivity index (χ1) is 9.52. The maximum Gasteiger partial charge on any atom is 0.128 e. The van der Waals surface area contributed by atoms with Crippen LogP contribution < -0.4 is 5.73 Å². The number of hydrogen-bond donors (Lipinski definition) is 1. The molecule has 0 fully saturated rings. The van der Waals surface area contributed by atoms with Gasteiger partial charge in [0.2, 0.25) is 0 Å². The van der Waals surface area contributed by atoms with Crippen molar-refractivity contribution in [3.8, 4) is 0 Å². The van der Waals surface area contributed by atoms with E-state index in [4.69, 9.17) is 10.5 Å². The van der Waals surface area contributed by atoms with E-state index < -0.39 is 0 Å². The van der Waals surface area contributed by atoms with E-state index in [1.165, 1.54) is 6.07 Å². The van der Waals surface area contributed by atoms with Crippen LogP contribution in [0.3, 0.4) is 0 Å². The van der Waals surface area contributed by atoms with Crippen LogP contribution in [0.4, 0.5) is 4.39 Å². The lowest BCUT2D eigenvalue weighted by molar-refractivity contribution is 0.0771. The lowest BCUT2D eigenvalue weighted by atomic mass is 9.96. The Morgan fingerprint density at radius 2 is 1.95 bits per heavy atom. The van der Waals surface area contributed by atoms with Gasteiger partial charge in [0.1, 0.15) is 5.82 Å². The van der Waals surface area contributed by atoms with E-state index in [2.05, 4.69) is 18.7 Å². The monoisotopic (exact) mass is 282 g/mol. The van der Waals surface area contributed by atoms with Crippen LogP contribution in [-0.2, 0) is 4.74 Å². The van der Waals surface area contributed by atoms with Crippen LogP contribution in [0.15, 0.2) is 24.3 Å². The molecule has 3 nitrogen and oxygen atoms in total. The Morgan fingerprint density at radius 1 is 1.30 bits per heavy atom. The quantitative estimate of drug-likeness (QED) is 0.796. The van der Waals surface area contributed by atoms with Gasteiger partial charge in [-0.15, -0.1) is 0 Å². The molecule has 0 spiro atoms. The van der Waals surface area contributed by atoms with E-state index in [9.17, 15) is 4.39 Å². The van der Waals surface area contributed by atoms with E-state index >= 15 is 0 Å². The smallest absolute Gasteiger partial charge is 0.128 e. The molecule has 0 heterocycles. The number of hydrogen-bond acceptors (Lipinski definition) is 3. The van der Waals surface area contributed by atoms with Crippen molar-refractivity contribution >= 4 is 0 Å². The van der Waals surface area contributed by atoms with Crippen LogP contribution in [-0.4, -0.2) is 37.2 Å². The summed E-state index contributed by atoms with van der Waals surface area (Å²) in [6, 6.07) is 6.92. The molecule has 0 saturated heterocycles. The Labute approximate surface area is 121 Å². The van der Waals surface area contributed by atoms with Gasteiger partial charge in [-0.2, -0.15) is 0 Å². The molecule has 0 amide bonds. The fourth-order valence-corrected chi connectivity index (χ4v) is 2.54. The Balaban J connectivity index is 3.10. The number of ether oxygens (including phenoxy) is 1. The van der Waals surface area contributed by atoms with Crippen LogP contribution in [0.2, 0.25) is 0 Å². The standard InChI is InChI=1S/C16H27FN2O/c1-5-12(2)19(10-11-20-4)16(13(3)18)14-8-6-7-9-15(14)17/h6-9,12-13,16H,5,10-11,18H2,1-4H3. The largest absolute Gasteiger partial charge is 0.383 e. The summed E-state index contributed by atoms with van der Waals surface area (Å²) in [7, 11) is 1.68. The number of halogens is 1. The lowest BCUT2D eigenvalue weighted by Gasteiger charge is -2.38. The van der Waals surface area contributed by atoms with E-state index in [0.29, 0.717) is 18.2 Å². The highest BCUT2D eigenvalue weighted by molar-refractivity contribution is 5.23. The third-order valence-electron chi connectivity index (χ3n) is 3.79. The Kier molecular flexibility index (Phi) is 7.13. The van der Waals surface area contributed by atoms with Crippen molar-refractivity contribution < 1.29 is 9.13 Å². The van der Waals surface area contributed by atoms with Crippen molar-refractivity contribution in [2.75, 3.05) is 20.3 Å². The first-order valence-electron chi connectivity index (χ1n) is 7.27. The third-order valence-corrected chi connectivity index (χ3v) is 3.79. The number of nitrogens with zero attached hydrogens (tertiary/aromatic N) is 1. The molecule has 0 bridgehead atoms. The maximum atomic E-state index is 14.1. The molecule has 20 heavy (non-hydrogen) atoms. The summed E-state index contributed by atoms with van der Waals surface area (Å²) < 4.78 is 19.3. The van der Waals surface area contributed by atoms with Gasteiger partial charge in [0.25, 0.3) is 0 Å². The molecule has 1 rings (SSSR count). The normalized spacial score (nSPS) is 16.1. The third kappa shape index (κ3) is 4.27. The molecular weight excluding hydrogens is 255 g/mol. The van der Waals surface area contributed by atoms with Gasteiger partial charge in [0.15, 0.2) is 0 Å². The average Bonchev–Trinajstić information content (AvgIpc) is 2.43. The Hall–Kier alpha value is -0.970. The van der Waals surface area contributed by atoms with E-state index in [1.807, 2.05) is 19.1 Å². The molecule has 3 unspecified atom stereocenters. The minimum atomic E-state index is -0.194. The first-order valence-corrected chi connectivity index (χ1v) is 7.27. The summed E-state index contributed by atoms with van der Waals surface area (Å²) in [5, 5.41) is 0. The Bertz CT molecular complexity index is 398. The lowest BCUT2D eigenvalue weighted by Crippen LogP contribution is -2.45. The van der Waals surface area contributed by atoms with Crippen molar-refractivity contribution in [3.05, 3.63) is 35.6 Å². The van der Waals surface area contributed by atoms with E-state index in [1.54, 1.807) is 13.2 Å². The van der Waals surface area contributed by atoms with Crippen molar-refractivity contribution in [2.24, 2.45) is 5.73 Å². The molecule has 0 aromatic heterocycles. The second-order valence-corrected chi connectivity index (χ2v) is 5.31. The fraction of sp³-hybridized carbons (Fsp3) is 0.625. The second-order valence-electron chi connectivity index (χ2n) is 5.31. The highest BCUT2D eigenvalue weighted by Crippen LogP contribution is 2.28. The summed E-state index contributed by atoms with van der Waals surface area (Å²) in [5.41, 5.74) is 6.82. The summed E-state index contributed by atoms with van der Waals surface area (Å²) in [6.07, 6.45) is 0.987. The number of rotatable bonds is 8. The van der Waals surface area contributed by atoms with Crippen LogP contribution in [0.25, 0.3) is 0 Å². The zero-order chi connectivity index (χ0) is 15.1. The second kappa shape index (κ2) is 8.35. The molecule has 0 saturated carbocycles. The summed E-state index contributed by atoms with van der Waals surface area (Å²) in [4.78, 5) is 2.24. The maximum absolute atomic E-state index is 14.1. The zero-order valence-electron chi connectivity index (χ0n) is 13.0. The van der Waals surface area contributed by atoms with Gasteiger partial charge in [0, 0.05) is 31.3 Å². The van der Waals surface area contributed by atoms with Gasteiger partial charge in [-0.1, -0.05) is 25.1 Å². The molecule has 1 aromatic rings. The van der Waals surface area contributed by atoms with Crippen molar-refractivity contribution in [1.82, 2.24) is 4.90 Å². The molecule has 2 N–H and O–H groups in total. The highest BCUT2D eigenvalue weighted by atomic mass is 19.1. The van der Waals surface area contributed by atoms with Crippen molar-refractivity contribution in [2.45, 2.75) is 45.3 Å². The molecule has 1 aromatic carbocycles. The van der Waals surface area contributed by atoms with Gasteiger partial charge >= 0.3 is 0 Å². The molecule has 0 aliphatic heterocycles. The molecular formula is C16H27FN2O. The van der Waals surface area contributed by atoms with Gasteiger partial charge in [0.05, 0.1) is 12.6 Å². The molecule has 0 radical (unpaired) electrons. The Morgan fingerprint density at radius 3 is 2.45 bits per heavy atom. The van der Waals surface area contributed by atoms with Crippen molar-refractivity contribution in [3.63, 3.8) is 0 Å². The minimum absolute atomic E-state index is 0.138. The molecule has 114 valence electrons. The van der Waals surface area contributed by atoms with Crippen molar-refractivity contribution in [1.29, 1.82) is 0 Å². The van der Waals surface area contributed by atoms with E-state index in [0.717, 1.165) is 13.0 Å². The van der Waals surface area contributed by atoms with Gasteiger partial charge in [-0.25, -0.2) is 4.39 Å². The fourth-order valence-electron chi connectivity index (χ4n) is 2.54. The molecule has 0 aliphatic rings. The van der Waals surface area contributed by atoms with Crippen LogP contribution >= 0.6 is 0 Å². The van der Waals surface area contributed by atoms with Gasteiger partial charge in [-0.3, -0.25) is 4.90 Å². The minimum Gasteiger partial charge on any atom is -0.383 e. The first kappa shape index (κ1) is 17.1. The SMILES string of the molecule is CCC(C)N(CCOC)C(c1ccccc1F)C(C)N. The molecule has 4 heteroatoms. The highest BCUT2D eigenvalue weighted by Gasteiger charge is 2.28. The summed E-state index contributed by atoms with van der Waals surface area (Å²) >= 11 is 0. The zero-order valence-corrected chi connectivity index (χ0v) is 13.0. The van der Waals surface area contributed by atoms with E-state index in [-0.39, 0.29) is 17.9 Å². The predicted octanol–water partition coefficient (Wildman–Crippen LogP) is 2.96. The predicted molar refractivity (Wildman–Crippen MR) is 81.1 cm³/mol. The molecule has 0 aliphatic carbocycles. The summed E-state index contributed by atoms with van der Waals surface area (Å²) in [6.45, 7) is 7.56. The number of methoxy groups -OCH3 is 1. The van der Waals surface area contributed by atoms with Gasteiger partial charge < -0.3 is 10.5 Å². The van der Waals surface area contributed by atoms with Crippen LogP contribution in [0.1, 0.15) is 38.8 Å². The average molecular weight is 282 g/mol. The number of nitrogens with two attached hydrogens (primary N) is 1. The number of benzene rings is 1. The molecule has 3 atom stereocenters.